The van der Waals surface area contributed by atoms with E-state index in [1.165, 1.54) is 17.4 Å². The minimum atomic E-state index is 0. The van der Waals surface area contributed by atoms with E-state index in [0.717, 1.165) is 31.7 Å². The number of carbonyl (C=O) groups excluding carboxylic acids is 1. The van der Waals surface area contributed by atoms with Crippen molar-refractivity contribution in [1.82, 2.24) is 4.90 Å². The van der Waals surface area contributed by atoms with Gasteiger partial charge in [-0.2, -0.15) is 0 Å². The van der Waals surface area contributed by atoms with Crippen molar-refractivity contribution in [3.63, 3.8) is 0 Å². The standard InChI is InChI=1S/C14H19N3OS.HI/c1-11(18)16-7-9-17(10-8-16)13-5-3-12(4-6-13)14(15)19-2;/h3-6,15H,7-10H2,1-2H3;1H. The Labute approximate surface area is 141 Å². The average Bonchev–Trinajstić information content (AvgIpc) is 2.46. The molecule has 1 amide bonds. The Morgan fingerprint density at radius 1 is 1.15 bits per heavy atom. The fourth-order valence-electron chi connectivity index (χ4n) is 2.22. The van der Waals surface area contributed by atoms with E-state index in [1.807, 2.05) is 23.3 Å². The largest absolute Gasteiger partial charge is 0.368 e. The highest BCUT2D eigenvalue weighted by molar-refractivity contribution is 14.0. The third-order valence-corrected chi connectivity index (χ3v) is 4.07. The molecular formula is C14H20IN3OS. The number of anilines is 1. The summed E-state index contributed by atoms with van der Waals surface area (Å²) in [5.74, 6) is 0.156. The molecule has 1 aromatic carbocycles. The Morgan fingerprint density at radius 3 is 2.15 bits per heavy atom. The molecule has 0 aliphatic carbocycles. The number of benzene rings is 1. The van der Waals surface area contributed by atoms with Crippen LogP contribution in [-0.2, 0) is 4.79 Å². The van der Waals surface area contributed by atoms with Gasteiger partial charge in [-0.05, 0) is 18.4 Å². The van der Waals surface area contributed by atoms with Gasteiger partial charge in [-0.25, -0.2) is 0 Å². The van der Waals surface area contributed by atoms with Crippen LogP contribution in [0, 0.1) is 5.41 Å². The van der Waals surface area contributed by atoms with Crippen LogP contribution in [-0.4, -0.2) is 48.3 Å². The van der Waals surface area contributed by atoms with E-state index in [-0.39, 0.29) is 29.9 Å². The second-order valence-electron chi connectivity index (χ2n) is 4.57. The molecule has 20 heavy (non-hydrogen) atoms. The van der Waals surface area contributed by atoms with Crippen LogP contribution >= 0.6 is 35.7 Å². The van der Waals surface area contributed by atoms with Gasteiger partial charge in [0, 0.05) is 44.4 Å². The summed E-state index contributed by atoms with van der Waals surface area (Å²) >= 11 is 1.45. The van der Waals surface area contributed by atoms with Crippen molar-refractivity contribution in [2.24, 2.45) is 0 Å². The van der Waals surface area contributed by atoms with Crippen molar-refractivity contribution in [3.05, 3.63) is 29.8 Å². The molecule has 1 saturated heterocycles. The first kappa shape index (κ1) is 17.3. The first-order valence-corrected chi connectivity index (χ1v) is 7.57. The third kappa shape index (κ3) is 4.12. The molecule has 0 bridgehead atoms. The Balaban J connectivity index is 0.00000200. The summed E-state index contributed by atoms with van der Waals surface area (Å²) < 4.78 is 0. The molecule has 1 aliphatic rings. The lowest BCUT2D eigenvalue weighted by molar-refractivity contribution is -0.129. The van der Waals surface area contributed by atoms with Crippen molar-refractivity contribution in [1.29, 1.82) is 5.41 Å². The Hall–Kier alpha value is -0.760. The van der Waals surface area contributed by atoms with Crippen LogP contribution in [0.5, 0.6) is 0 Å². The number of nitrogens with zero attached hydrogens (tertiary/aromatic N) is 2. The Bertz CT molecular complexity index is 470. The van der Waals surface area contributed by atoms with E-state index in [2.05, 4.69) is 17.0 Å². The summed E-state index contributed by atoms with van der Waals surface area (Å²) in [6, 6.07) is 8.10. The van der Waals surface area contributed by atoms with Crippen LogP contribution in [0.25, 0.3) is 0 Å². The number of hydrogen-bond donors (Lipinski definition) is 1. The summed E-state index contributed by atoms with van der Waals surface area (Å²) in [6.07, 6.45) is 1.91. The van der Waals surface area contributed by atoms with Gasteiger partial charge in [0.2, 0.25) is 5.91 Å². The van der Waals surface area contributed by atoms with E-state index in [4.69, 9.17) is 5.41 Å². The molecule has 0 aromatic heterocycles. The topological polar surface area (TPSA) is 47.4 Å². The summed E-state index contributed by atoms with van der Waals surface area (Å²) in [5.41, 5.74) is 2.12. The van der Waals surface area contributed by atoms with E-state index in [9.17, 15) is 4.79 Å². The zero-order chi connectivity index (χ0) is 13.8. The minimum Gasteiger partial charge on any atom is -0.368 e. The van der Waals surface area contributed by atoms with Gasteiger partial charge in [-0.3, -0.25) is 10.2 Å². The molecule has 2 rings (SSSR count). The second-order valence-corrected chi connectivity index (χ2v) is 5.39. The molecule has 6 heteroatoms. The van der Waals surface area contributed by atoms with Crippen LogP contribution in [0.15, 0.2) is 24.3 Å². The third-order valence-electron chi connectivity index (χ3n) is 3.42. The smallest absolute Gasteiger partial charge is 0.219 e. The van der Waals surface area contributed by atoms with Gasteiger partial charge in [0.1, 0.15) is 0 Å². The van der Waals surface area contributed by atoms with Crippen molar-refractivity contribution >= 4 is 52.4 Å². The molecule has 0 radical (unpaired) electrons. The lowest BCUT2D eigenvalue weighted by Crippen LogP contribution is -2.48. The summed E-state index contributed by atoms with van der Waals surface area (Å²) in [4.78, 5) is 15.4. The number of thioether (sulfide) groups is 1. The van der Waals surface area contributed by atoms with Crippen molar-refractivity contribution in [2.45, 2.75) is 6.92 Å². The molecule has 1 heterocycles. The average molecular weight is 405 g/mol. The van der Waals surface area contributed by atoms with E-state index >= 15 is 0 Å². The lowest BCUT2D eigenvalue weighted by Gasteiger charge is -2.35. The number of hydrogen-bond acceptors (Lipinski definition) is 4. The number of nitrogens with one attached hydrogen (secondary N) is 1. The normalized spacial score (nSPS) is 14.7. The molecule has 0 spiro atoms. The SMILES string of the molecule is CSC(=N)c1ccc(N2CCN(C(C)=O)CC2)cc1.I. The van der Waals surface area contributed by atoms with Crippen LogP contribution in [0.3, 0.4) is 0 Å². The zero-order valence-electron chi connectivity index (χ0n) is 11.8. The number of carbonyl (C=O) groups is 1. The number of amides is 1. The highest BCUT2D eigenvalue weighted by atomic mass is 127. The maximum Gasteiger partial charge on any atom is 0.219 e. The minimum absolute atomic E-state index is 0. The maximum atomic E-state index is 11.3. The monoisotopic (exact) mass is 405 g/mol. The second kappa shape index (κ2) is 7.87. The van der Waals surface area contributed by atoms with Gasteiger partial charge in [-0.15, -0.1) is 35.7 Å². The Morgan fingerprint density at radius 2 is 1.70 bits per heavy atom. The molecule has 0 atom stereocenters. The van der Waals surface area contributed by atoms with Crippen molar-refractivity contribution in [3.8, 4) is 0 Å². The van der Waals surface area contributed by atoms with Gasteiger partial charge in [0.15, 0.2) is 0 Å². The Kier molecular flexibility index (Phi) is 6.81. The number of halogens is 1. The van der Waals surface area contributed by atoms with Gasteiger partial charge in [0.25, 0.3) is 0 Å². The van der Waals surface area contributed by atoms with E-state index in [1.54, 1.807) is 6.92 Å². The lowest BCUT2D eigenvalue weighted by atomic mass is 10.2. The molecule has 1 N–H and O–H groups in total. The molecule has 0 saturated carbocycles. The van der Waals surface area contributed by atoms with Crippen molar-refractivity contribution in [2.75, 3.05) is 37.3 Å². The highest BCUT2D eigenvalue weighted by Gasteiger charge is 2.18. The van der Waals surface area contributed by atoms with E-state index < -0.39 is 0 Å². The number of piperazine rings is 1. The first-order valence-electron chi connectivity index (χ1n) is 6.35. The van der Waals surface area contributed by atoms with Gasteiger partial charge >= 0.3 is 0 Å². The molecule has 0 unspecified atom stereocenters. The predicted octanol–water partition coefficient (Wildman–Crippen LogP) is 2.66. The van der Waals surface area contributed by atoms with Gasteiger partial charge in [0.05, 0.1) is 5.04 Å². The van der Waals surface area contributed by atoms with E-state index in [0.29, 0.717) is 5.04 Å². The summed E-state index contributed by atoms with van der Waals surface area (Å²) in [7, 11) is 0. The molecule has 1 aliphatic heterocycles. The predicted molar refractivity (Wildman–Crippen MR) is 96.7 cm³/mol. The molecule has 4 nitrogen and oxygen atoms in total. The first-order chi connectivity index (χ1) is 9.11. The van der Waals surface area contributed by atoms with Gasteiger partial charge < -0.3 is 9.80 Å². The summed E-state index contributed by atoms with van der Waals surface area (Å²) in [5, 5.41) is 8.36. The molecular weight excluding hydrogens is 385 g/mol. The van der Waals surface area contributed by atoms with Crippen LogP contribution in [0.2, 0.25) is 0 Å². The summed E-state index contributed by atoms with van der Waals surface area (Å²) in [6.45, 7) is 4.95. The maximum absolute atomic E-state index is 11.3. The molecule has 110 valence electrons. The van der Waals surface area contributed by atoms with Crippen LogP contribution in [0.1, 0.15) is 12.5 Å². The fourth-order valence-corrected chi connectivity index (χ4v) is 2.59. The van der Waals surface area contributed by atoms with Crippen LogP contribution < -0.4 is 4.90 Å². The van der Waals surface area contributed by atoms with Crippen LogP contribution in [0.4, 0.5) is 5.69 Å². The van der Waals surface area contributed by atoms with Gasteiger partial charge in [-0.1, -0.05) is 12.1 Å². The number of rotatable bonds is 2. The molecule has 1 fully saturated rings. The highest BCUT2D eigenvalue weighted by Crippen LogP contribution is 2.19. The van der Waals surface area contributed by atoms with Crippen molar-refractivity contribution < 1.29 is 4.79 Å². The zero-order valence-corrected chi connectivity index (χ0v) is 14.9. The fraction of sp³-hybridized carbons (Fsp3) is 0.429. The molecule has 1 aromatic rings. The quantitative estimate of drug-likeness (QED) is 0.468.